The van der Waals surface area contributed by atoms with Crippen LogP contribution in [0.4, 0.5) is 0 Å². The number of rotatable bonds is 3. The topological polar surface area (TPSA) is 15.3 Å². The molecule has 1 aromatic carbocycles. The second kappa shape index (κ2) is 6.07. The lowest BCUT2D eigenvalue weighted by atomic mass is 9.98. The van der Waals surface area contributed by atoms with Crippen molar-refractivity contribution in [3.05, 3.63) is 35.2 Å². The summed E-state index contributed by atoms with van der Waals surface area (Å²) >= 11 is 1.86. The third kappa shape index (κ3) is 3.47. The van der Waals surface area contributed by atoms with E-state index in [2.05, 4.69) is 60.6 Å². The van der Waals surface area contributed by atoms with Gasteiger partial charge >= 0.3 is 0 Å². The van der Waals surface area contributed by atoms with E-state index in [0.717, 1.165) is 6.54 Å². The summed E-state index contributed by atoms with van der Waals surface area (Å²) in [6, 6.07) is 9.39. The Bertz CT molecular complexity index is 589. The van der Waals surface area contributed by atoms with E-state index in [-0.39, 0.29) is 0 Å². The van der Waals surface area contributed by atoms with Crippen LogP contribution in [0.3, 0.4) is 0 Å². The third-order valence-corrected chi connectivity index (χ3v) is 5.60. The molecule has 1 aliphatic rings. The molecule has 1 saturated heterocycles. The molecule has 2 heterocycles. The van der Waals surface area contributed by atoms with E-state index in [1.165, 1.54) is 41.6 Å². The van der Waals surface area contributed by atoms with Crippen molar-refractivity contribution < 1.29 is 0 Å². The molecule has 2 nitrogen and oxygen atoms in total. The number of hydrogen-bond acceptors (Lipinski definition) is 3. The average molecular weight is 302 g/mol. The fourth-order valence-electron chi connectivity index (χ4n) is 3.18. The van der Waals surface area contributed by atoms with Crippen molar-refractivity contribution in [1.29, 1.82) is 0 Å². The van der Waals surface area contributed by atoms with Crippen molar-refractivity contribution in [2.24, 2.45) is 0 Å². The van der Waals surface area contributed by atoms with Crippen molar-refractivity contribution in [1.82, 2.24) is 10.2 Å². The van der Waals surface area contributed by atoms with E-state index in [1.807, 2.05) is 11.3 Å². The largest absolute Gasteiger partial charge is 0.310 e. The lowest BCUT2D eigenvalue weighted by Crippen LogP contribution is -2.49. The number of hydrogen-bond donors (Lipinski definition) is 1. The lowest BCUT2D eigenvalue weighted by molar-refractivity contribution is 0.0960. The summed E-state index contributed by atoms with van der Waals surface area (Å²) in [5.74, 6) is 0. The predicted octanol–water partition coefficient (Wildman–Crippen LogP) is 4.25. The molecule has 0 saturated carbocycles. The molecule has 0 spiro atoms. The molecule has 0 unspecified atom stereocenters. The molecule has 2 aromatic rings. The Morgan fingerprint density at radius 2 is 1.90 bits per heavy atom. The highest BCUT2D eigenvalue weighted by atomic mass is 32.1. The van der Waals surface area contributed by atoms with E-state index in [0.29, 0.717) is 11.6 Å². The van der Waals surface area contributed by atoms with Crippen LogP contribution >= 0.6 is 11.3 Å². The van der Waals surface area contributed by atoms with Gasteiger partial charge in [0.25, 0.3) is 0 Å². The minimum atomic E-state index is 0.314. The molecule has 0 radical (unpaired) electrons. The first-order chi connectivity index (χ1) is 10.0. The van der Waals surface area contributed by atoms with Crippen molar-refractivity contribution in [3.8, 4) is 0 Å². The van der Waals surface area contributed by atoms with Crippen LogP contribution < -0.4 is 5.32 Å². The zero-order valence-corrected chi connectivity index (χ0v) is 14.2. The summed E-state index contributed by atoms with van der Waals surface area (Å²) in [6.07, 6.45) is 2.53. The van der Waals surface area contributed by atoms with Crippen molar-refractivity contribution in [3.63, 3.8) is 0 Å². The second-order valence-electron chi connectivity index (χ2n) is 7.07. The van der Waals surface area contributed by atoms with Crippen LogP contribution in [-0.4, -0.2) is 29.6 Å². The van der Waals surface area contributed by atoms with Gasteiger partial charge in [-0.2, -0.15) is 0 Å². The van der Waals surface area contributed by atoms with Crippen molar-refractivity contribution in [2.75, 3.05) is 13.1 Å². The number of benzene rings is 1. The number of fused-ring (bicyclic) bond motifs is 1. The van der Waals surface area contributed by atoms with Gasteiger partial charge in [0.1, 0.15) is 0 Å². The Hall–Kier alpha value is -0.900. The van der Waals surface area contributed by atoms with Gasteiger partial charge in [0.2, 0.25) is 0 Å². The van der Waals surface area contributed by atoms with E-state index in [4.69, 9.17) is 0 Å². The number of likely N-dealkylation sites (tertiary alicyclic amines) is 1. The summed E-state index contributed by atoms with van der Waals surface area (Å²) < 4.78 is 1.40. The Labute approximate surface area is 132 Å². The standard InChI is InChI=1S/C18H26N2S/c1-18(2,3)20-10-8-15(9-11-20)19-12-14-13-21-17-7-5-4-6-16(14)17/h4-7,13,15,19H,8-12H2,1-3H3. The molecular formula is C18H26N2S. The molecule has 0 bridgehead atoms. The minimum Gasteiger partial charge on any atom is -0.310 e. The molecule has 1 aliphatic heterocycles. The summed E-state index contributed by atoms with van der Waals surface area (Å²) in [5, 5.41) is 7.49. The van der Waals surface area contributed by atoms with Gasteiger partial charge in [0.05, 0.1) is 0 Å². The van der Waals surface area contributed by atoms with Gasteiger partial charge in [-0.1, -0.05) is 18.2 Å². The fourth-order valence-corrected chi connectivity index (χ4v) is 4.14. The molecule has 114 valence electrons. The quantitative estimate of drug-likeness (QED) is 0.911. The zero-order valence-electron chi connectivity index (χ0n) is 13.4. The van der Waals surface area contributed by atoms with Crippen LogP contribution in [0.25, 0.3) is 10.1 Å². The summed E-state index contributed by atoms with van der Waals surface area (Å²) in [6.45, 7) is 10.4. The Balaban J connectivity index is 1.55. The highest BCUT2D eigenvalue weighted by Crippen LogP contribution is 2.26. The van der Waals surface area contributed by atoms with Crippen LogP contribution in [0, 0.1) is 0 Å². The Morgan fingerprint density at radius 3 is 2.62 bits per heavy atom. The number of thiophene rings is 1. The van der Waals surface area contributed by atoms with Crippen molar-refractivity contribution >= 4 is 21.4 Å². The lowest BCUT2D eigenvalue weighted by Gasteiger charge is -2.41. The van der Waals surface area contributed by atoms with E-state index in [1.54, 1.807) is 0 Å². The Kier molecular flexibility index (Phi) is 4.34. The molecule has 0 atom stereocenters. The van der Waals surface area contributed by atoms with Crippen LogP contribution in [0.15, 0.2) is 29.6 Å². The smallest absolute Gasteiger partial charge is 0.0346 e. The number of nitrogens with one attached hydrogen (secondary N) is 1. The van der Waals surface area contributed by atoms with Gasteiger partial charge in [-0.3, -0.25) is 4.90 Å². The first kappa shape index (κ1) is 15.0. The first-order valence-corrected chi connectivity index (χ1v) is 8.85. The maximum atomic E-state index is 3.77. The molecular weight excluding hydrogens is 276 g/mol. The maximum absolute atomic E-state index is 3.77. The molecule has 3 heteroatoms. The van der Waals surface area contributed by atoms with Gasteiger partial charge in [-0.15, -0.1) is 11.3 Å². The van der Waals surface area contributed by atoms with Crippen LogP contribution in [0.2, 0.25) is 0 Å². The first-order valence-electron chi connectivity index (χ1n) is 7.97. The SMILES string of the molecule is CC(C)(C)N1CCC(NCc2csc3ccccc23)CC1. The van der Waals surface area contributed by atoms with E-state index >= 15 is 0 Å². The fraction of sp³-hybridized carbons (Fsp3) is 0.556. The van der Waals surface area contributed by atoms with E-state index in [9.17, 15) is 0 Å². The van der Waals surface area contributed by atoms with Crippen molar-refractivity contribution in [2.45, 2.75) is 51.7 Å². The molecule has 3 rings (SSSR count). The van der Waals surface area contributed by atoms with Gasteiger partial charge in [-0.05, 0) is 56.0 Å². The number of nitrogens with zero attached hydrogens (tertiary/aromatic N) is 1. The molecule has 21 heavy (non-hydrogen) atoms. The monoisotopic (exact) mass is 302 g/mol. The molecule has 1 N–H and O–H groups in total. The van der Waals surface area contributed by atoms with Gasteiger partial charge in [0.15, 0.2) is 0 Å². The molecule has 1 fully saturated rings. The maximum Gasteiger partial charge on any atom is 0.0346 e. The highest BCUT2D eigenvalue weighted by molar-refractivity contribution is 7.17. The van der Waals surface area contributed by atoms with E-state index < -0.39 is 0 Å². The summed E-state index contributed by atoms with van der Waals surface area (Å²) in [5.41, 5.74) is 1.77. The van der Waals surface area contributed by atoms with Crippen LogP contribution in [-0.2, 0) is 6.54 Å². The normalized spacial score (nSPS) is 18.4. The van der Waals surface area contributed by atoms with Gasteiger partial charge in [-0.25, -0.2) is 0 Å². The average Bonchev–Trinajstić information content (AvgIpc) is 2.88. The summed E-state index contributed by atoms with van der Waals surface area (Å²) in [7, 11) is 0. The molecule has 1 aromatic heterocycles. The minimum absolute atomic E-state index is 0.314. The predicted molar refractivity (Wildman–Crippen MR) is 93.0 cm³/mol. The summed E-state index contributed by atoms with van der Waals surface area (Å²) in [4.78, 5) is 2.60. The second-order valence-corrected chi connectivity index (χ2v) is 7.98. The van der Waals surface area contributed by atoms with Gasteiger partial charge in [0, 0.05) is 35.9 Å². The number of piperidine rings is 1. The Morgan fingerprint density at radius 1 is 1.19 bits per heavy atom. The molecule has 0 aliphatic carbocycles. The van der Waals surface area contributed by atoms with Crippen LogP contribution in [0.1, 0.15) is 39.2 Å². The van der Waals surface area contributed by atoms with Crippen LogP contribution in [0.5, 0.6) is 0 Å². The molecule has 0 amide bonds. The van der Waals surface area contributed by atoms with Gasteiger partial charge < -0.3 is 5.32 Å². The zero-order chi connectivity index (χ0) is 14.9. The highest BCUT2D eigenvalue weighted by Gasteiger charge is 2.26. The third-order valence-electron chi connectivity index (χ3n) is 4.59.